The first kappa shape index (κ1) is 23.4. The molecule has 0 spiro atoms. The summed E-state index contributed by atoms with van der Waals surface area (Å²) in [4.78, 5) is 40.8. The molecule has 1 saturated carbocycles. The van der Waals surface area contributed by atoms with Crippen molar-refractivity contribution < 1.29 is 23.2 Å². The molecule has 1 aromatic carbocycles. The van der Waals surface area contributed by atoms with Crippen LogP contribution in [0.4, 0.5) is 0 Å². The molecule has 4 rings (SSSR count). The van der Waals surface area contributed by atoms with Gasteiger partial charge >= 0.3 is 0 Å². The highest BCUT2D eigenvalue weighted by Crippen LogP contribution is 2.26. The molecule has 3 aromatic rings. The molecule has 0 radical (unpaired) electrons. The molecule has 0 saturated heterocycles. The molecule has 8 nitrogen and oxygen atoms in total. The number of furan rings is 2. The first-order chi connectivity index (χ1) is 16.6. The van der Waals surface area contributed by atoms with E-state index in [1.165, 1.54) is 29.9 Å². The second-order valence-electron chi connectivity index (χ2n) is 8.42. The average molecular weight is 464 g/mol. The van der Waals surface area contributed by atoms with Gasteiger partial charge in [-0.1, -0.05) is 49.6 Å². The number of hydrogen-bond acceptors (Lipinski definition) is 5. The SMILES string of the molecule is O=C(NCC(=O)N(Cc1ccco1)[C@H](C(=O)NC1CCCCC1)c1ccccc1)c1ccco1. The van der Waals surface area contributed by atoms with Crippen LogP contribution in [0, 0.1) is 0 Å². The summed E-state index contributed by atoms with van der Waals surface area (Å²) in [5, 5.41) is 5.74. The number of benzene rings is 1. The molecule has 8 heteroatoms. The van der Waals surface area contributed by atoms with Gasteiger partial charge in [0.05, 0.1) is 25.6 Å². The summed E-state index contributed by atoms with van der Waals surface area (Å²) in [7, 11) is 0. The van der Waals surface area contributed by atoms with Crippen molar-refractivity contribution in [3.63, 3.8) is 0 Å². The third kappa shape index (κ3) is 5.95. The number of nitrogens with one attached hydrogen (secondary N) is 2. The van der Waals surface area contributed by atoms with Crippen LogP contribution in [0.3, 0.4) is 0 Å². The summed E-state index contributed by atoms with van der Waals surface area (Å²) < 4.78 is 10.6. The highest BCUT2D eigenvalue weighted by atomic mass is 16.3. The Bertz CT molecular complexity index is 1060. The Hall–Kier alpha value is -3.81. The van der Waals surface area contributed by atoms with Gasteiger partial charge in [0, 0.05) is 6.04 Å². The molecule has 1 aliphatic carbocycles. The molecule has 1 fully saturated rings. The van der Waals surface area contributed by atoms with Crippen LogP contribution in [-0.2, 0) is 16.1 Å². The number of carbonyl (C=O) groups excluding carboxylic acids is 3. The third-order valence-corrected chi connectivity index (χ3v) is 6.00. The minimum atomic E-state index is -0.874. The fraction of sp³-hybridized carbons (Fsp3) is 0.346. The van der Waals surface area contributed by atoms with Crippen LogP contribution in [0.15, 0.2) is 76.0 Å². The van der Waals surface area contributed by atoms with Gasteiger partial charge in [0.25, 0.3) is 5.91 Å². The Kier molecular flexibility index (Phi) is 7.80. The van der Waals surface area contributed by atoms with Crippen molar-refractivity contribution >= 4 is 17.7 Å². The van der Waals surface area contributed by atoms with E-state index >= 15 is 0 Å². The van der Waals surface area contributed by atoms with Crippen molar-refractivity contribution in [1.82, 2.24) is 15.5 Å². The van der Waals surface area contributed by atoms with Crippen molar-refractivity contribution in [3.8, 4) is 0 Å². The minimum absolute atomic E-state index is 0.0834. The van der Waals surface area contributed by atoms with Crippen molar-refractivity contribution in [2.75, 3.05) is 6.54 Å². The van der Waals surface area contributed by atoms with E-state index in [1.54, 1.807) is 18.2 Å². The van der Waals surface area contributed by atoms with Crippen LogP contribution in [-0.4, -0.2) is 35.2 Å². The van der Waals surface area contributed by atoms with Crippen LogP contribution in [0.25, 0.3) is 0 Å². The van der Waals surface area contributed by atoms with Gasteiger partial charge in [-0.15, -0.1) is 0 Å². The van der Waals surface area contributed by atoms with Gasteiger partial charge in [-0.25, -0.2) is 0 Å². The van der Waals surface area contributed by atoms with Crippen molar-refractivity contribution in [3.05, 3.63) is 84.2 Å². The Morgan fingerprint density at radius 2 is 1.65 bits per heavy atom. The van der Waals surface area contributed by atoms with Crippen LogP contribution >= 0.6 is 0 Å². The van der Waals surface area contributed by atoms with E-state index in [2.05, 4.69) is 10.6 Å². The molecule has 2 N–H and O–H groups in total. The molecular formula is C26H29N3O5. The number of hydrogen-bond donors (Lipinski definition) is 2. The molecular weight excluding hydrogens is 434 g/mol. The van der Waals surface area contributed by atoms with E-state index in [9.17, 15) is 14.4 Å². The summed E-state index contributed by atoms with van der Waals surface area (Å²) in [6, 6.07) is 15.0. The molecule has 0 aliphatic heterocycles. The first-order valence-electron chi connectivity index (χ1n) is 11.6. The third-order valence-electron chi connectivity index (χ3n) is 6.00. The lowest BCUT2D eigenvalue weighted by atomic mass is 9.94. The fourth-order valence-corrected chi connectivity index (χ4v) is 4.28. The van der Waals surface area contributed by atoms with Gasteiger partial charge in [-0.3, -0.25) is 14.4 Å². The van der Waals surface area contributed by atoms with Gasteiger partial charge in [0.15, 0.2) is 5.76 Å². The maximum absolute atomic E-state index is 13.6. The molecule has 0 unspecified atom stereocenters. The van der Waals surface area contributed by atoms with E-state index < -0.39 is 17.9 Å². The topological polar surface area (TPSA) is 105 Å². The Morgan fingerprint density at radius 3 is 2.32 bits per heavy atom. The van der Waals surface area contributed by atoms with Gasteiger partial charge < -0.3 is 24.4 Å². The number of carbonyl (C=O) groups is 3. The summed E-state index contributed by atoms with van der Waals surface area (Å²) in [5.74, 6) is -0.504. The average Bonchev–Trinajstić information content (AvgIpc) is 3.58. The van der Waals surface area contributed by atoms with Gasteiger partial charge in [-0.2, -0.15) is 0 Å². The van der Waals surface area contributed by atoms with E-state index in [0.717, 1.165) is 25.7 Å². The van der Waals surface area contributed by atoms with E-state index in [0.29, 0.717) is 11.3 Å². The van der Waals surface area contributed by atoms with Gasteiger partial charge in [0.1, 0.15) is 11.8 Å². The van der Waals surface area contributed by atoms with Crippen LogP contribution in [0.2, 0.25) is 0 Å². The fourth-order valence-electron chi connectivity index (χ4n) is 4.28. The lowest BCUT2D eigenvalue weighted by Crippen LogP contribution is -2.49. The molecule has 1 aliphatic rings. The maximum Gasteiger partial charge on any atom is 0.287 e. The van der Waals surface area contributed by atoms with Crippen LogP contribution < -0.4 is 10.6 Å². The molecule has 178 valence electrons. The van der Waals surface area contributed by atoms with Crippen LogP contribution in [0.5, 0.6) is 0 Å². The standard InChI is InChI=1S/C26H29N3O5/c30-23(17-27-25(31)22-14-8-16-34-22)29(18-21-13-7-15-33-21)24(19-9-3-1-4-10-19)26(32)28-20-11-5-2-6-12-20/h1,3-4,7-10,13-16,20,24H,2,5-6,11-12,17-18H2,(H,27,31)(H,28,32)/t24-/m0/s1. The second-order valence-corrected chi connectivity index (χ2v) is 8.42. The lowest BCUT2D eigenvalue weighted by molar-refractivity contribution is -0.141. The zero-order valence-corrected chi connectivity index (χ0v) is 18.9. The van der Waals surface area contributed by atoms with Gasteiger partial charge in [-0.05, 0) is 42.7 Å². The quantitative estimate of drug-likeness (QED) is 0.502. The van der Waals surface area contributed by atoms with E-state index in [4.69, 9.17) is 8.83 Å². The zero-order valence-electron chi connectivity index (χ0n) is 18.9. The highest BCUT2D eigenvalue weighted by Gasteiger charge is 2.33. The molecule has 2 aromatic heterocycles. The predicted octanol–water partition coefficient (Wildman–Crippen LogP) is 3.82. The van der Waals surface area contributed by atoms with Crippen molar-refractivity contribution in [2.24, 2.45) is 0 Å². The smallest absolute Gasteiger partial charge is 0.287 e. The zero-order chi connectivity index (χ0) is 23.8. The lowest BCUT2D eigenvalue weighted by Gasteiger charge is -2.33. The van der Waals surface area contributed by atoms with Gasteiger partial charge in [0.2, 0.25) is 11.8 Å². The minimum Gasteiger partial charge on any atom is -0.467 e. The Labute approximate surface area is 198 Å². The Morgan fingerprint density at radius 1 is 0.912 bits per heavy atom. The predicted molar refractivity (Wildman–Crippen MR) is 124 cm³/mol. The van der Waals surface area contributed by atoms with Crippen molar-refractivity contribution in [2.45, 2.75) is 50.7 Å². The number of rotatable bonds is 9. The van der Waals surface area contributed by atoms with Crippen LogP contribution in [0.1, 0.15) is 60.0 Å². The highest BCUT2D eigenvalue weighted by molar-refractivity contribution is 5.95. The second kappa shape index (κ2) is 11.4. The van der Waals surface area contributed by atoms with E-state index in [1.807, 2.05) is 30.3 Å². The summed E-state index contributed by atoms with van der Waals surface area (Å²) in [5.41, 5.74) is 0.688. The normalized spacial score (nSPS) is 14.8. The molecule has 34 heavy (non-hydrogen) atoms. The number of nitrogens with zero attached hydrogens (tertiary/aromatic N) is 1. The summed E-state index contributed by atoms with van der Waals surface area (Å²) >= 11 is 0. The largest absolute Gasteiger partial charge is 0.467 e. The molecule has 0 bridgehead atoms. The molecule has 1 atom stereocenters. The molecule has 3 amide bonds. The number of amides is 3. The first-order valence-corrected chi connectivity index (χ1v) is 11.6. The maximum atomic E-state index is 13.6. The van der Waals surface area contributed by atoms with Crippen molar-refractivity contribution in [1.29, 1.82) is 0 Å². The molecule has 2 heterocycles. The monoisotopic (exact) mass is 463 g/mol. The summed E-state index contributed by atoms with van der Waals surface area (Å²) in [6.07, 6.45) is 8.10. The summed E-state index contributed by atoms with van der Waals surface area (Å²) in [6.45, 7) is -0.208. The Balaban J connectivity index is 1.58. The van der Waals surface area contributed by atoms with E-state index in [-0.39, 0.29) is 30.8 Å².